The number of nitriles is 1. The number of sulfonamides is 1. The summed E-state index contributed by atoms with van der Waals surface area (Å²) < 4.78 is 26.1. The minimum Gasteiger partial charge on any atom is -0.397 e. The van der Waals surface area contributed by atoms with Crippen molar-refractivity contribution >= 4 is 21.4 Å². The van der Waals surface area contributed by atoms with Gasteiger partial charge in [0, 0.05) is 7.05 Å². The van der Waals surface area contributed by atoms with Gasteiger partial charge in [0.2, 0.25) is 0 Å². The number of nitrogens with two attached hydrogens (primary N) is 1. The molecule has 0 fully saturated rings. The largest absolute Gasteiger partial charge is 0.397 e. The molecule has 2 rings (SSSR count). The molecule has 0 radical (unpaired) electrons. The van der Waals surface area contributed by atoms with Crippen LogP contribution in [-0.4, -0.2) is 15.5 Å². The van der Waals surface area contributed by atoms with E-state index in [0.29, 0.717) is 16.9 Å². The second-order valence-corrected chi connectivity index (χ2v) is 6.14. The molecule has 0 aliphatic rings. The van der Waals surface area contributed by atoms with Crippen molar-refractivity contribution in [3.8, 4) is 6.07 Å². The molecule has 102 valence electrons. The van der Waals surface area contributed by atoms with Crippen molar-refractivity contribution in [2.45, 2.75) is 4.90 Å². The van der Waals surface area contributed by atoms with E-state index in [4.69, 9.17) is 11.0 Å². The molecule has 2 aromatic rings. The highest BCUT2D eigenvalue weighted by Crippen LogP contribution is 2.27. The van der Waals surface area contributed by atoms with Crippen molar-refractivity contribution in [1.29, 1.82) is 5.26 Å². The molecule has 0 atom stereocenters. The smallest absolute Gasteiger partial charge is 0.264 e. The van der Waals surface area contributed by atoms with Crippen molar-refractivity contribution in [2.75, 3.05) is 17.1 Å². The van der Waals surface area contributed by atoms with Crippen molar-refractivity contribution in [3.63, 3.8) is 0 Å². The third-order valence-corrected chi connectivity index (χ3v) is 4.70. The zero-order chi connectivity index (χ0) is 14.8. The Hall–Kier alpha value is -2.52. The molecule has 2 N–H and O–H groups in total. The van der Waals surface area contributed by atoms with Gasteiger partial charge in [0.05, 0.1) is 27.9 Å². The molecule has 0 bridgehead atoms. The van der Waals surface area contributed by atoms with Crippen molar-refractivity contribution in [3.05, 3.63) is 54.1 Å². The van der Waals surface area contributed by atoms with Crippen LogP contribution < -0.4 is 10.0 Å². The minimum atomic E-state index is -3.70. The van der Waals surface area contributed by atoms with E-state index in [1.54, 1.807) is 24.3 Å². The zero-order valence-electron chi connectivity index (χ0n) is 10.8. The number of hydrogen-bond acceptors (Lipinski definition) is 4. The molecule has 0 heterocycles. The molecule has 0 saturated carbocycles. The molecule has 5 nitrogen and oxygen atoms in total. The van der Waals surface area contributed by atoms with E-state index in [1.165, 1.54) is 31.3 Å². The lowest BCUT2D eigenvalue weighted by Gasteiger charge is -2.21. The second-order valence-electron chi connectivity index (χ2n) is 4.17. The van der Waals surface area contributed by atoms with Crippen LogP contribution in [0.5, 0.6) is 0 Å². The van der Waals surface area contributed by atoms with E-state index in [2.05, 4.69) is 0 Å². The third-order valence-electron chi connectivity index (χ3n) is 2.92. The first-order valence-electron chi connectivity index (χ1n) is 5.80. The van der Waals surface area contributed by atoms with Gasteiger partial charge in [0.25, 0.3) is 10.0 Å². The van der Waals surface area contributed by atoms with Gasteiger partial charge in [-0.05, 0) is 36.4 Å². The Morgan fingerprint density at radius 1 is 1.10 bits per heavy atom. The van der Waals surface area contributed by atoms with Crippen molar-refractivity contribution in [1.82, 2.24) is 0 Å². The SMILES string of the molecule is CN(c1ccccc1N)S(=O)(=O)c1ccc(C#N)cc1. The average Bonchev–Trinajstić information content (AvgIpc) is 2.47. The Labute approximate surface area is 117 Å². The van der Waals surface area contributed by atoms with E-state index in [-0.39, 0.29) is 4.90 Å². The molecule has 0 unspecified atom stereocenters. The number of nitrogen functional groups attached to an aromatic ring is 1. The van der Waals surface area contributed by atoms with Gasteiger partial charge in [0.15, 0.2) is 0 Å². The average molecular weight is 287 g/mol. The first-order valence-corrected chi connectivity index (χ1v) is 7.24. The molecular weight excluding hydrogens is 274 g/mol. The molecule has 0 spiro atoms. The minimum absolute atomic E-state index is 0.113. The van der Waals surface area contributed by atoms with Gasteiger partial charge in [-0.25, -0.2) is 8.42 Å². The van der Waals surface area contributed by atoms with E-state index >= 15 is 0 Å². The predicted molar refractivity (Wildman–Crippen MR) is 77.6 cm³/mol. The first-order chi connectivity index (χ1) is 9.46. The van der Waals surface area contributed by atoms with E-state index in [1.807, 2.05) is 6.07 Å². The van der Waals surface area contributed by atoms with Gasteiger partial charge in [-0.2, -0.15) is 5.26 Å². The summed E-state index contributed by atoms with van der Waals surface area (Å²) in [6.45, 7) is 0. The van der Waals surface area contributed by atoms with E-state index in [0.717, 1.165) is 4.31 Å². The van der Waals surface area contributed by atoms with E-state index in [9.17, 15) is 8.42 Å². The summed E-state index contributed by atoms with van der Waals surface area (Å²) in [5, 5.41) is 8.73. The van der Waals surface area contributed by atoms with E-state index < -0.39 is 10.0 Å². The van der Waals surface area contributed by atoms with Crippen LogP contribution in [0.15, 0.2) is 53.4 Å². The van der Waals surface area contributed by atoms with Crippen molar-refractivity contribution < 1.29 is 8.42 Å². The number of anilines is 2. The zero-order valence-corrected chi connectivity index (χ0v) is 11.6. The number of hydrogen-bond donors (Lipinski definition) is 1. The highest BCUT2D eigenvalue weighted by Gasteiger charge is 2.22. The summed E-state index contributed by atoms with van der Waals surface area (Å²) in [5.41, 5.74) is 7.00. The standard InChI is InChI=1S/C14H13N3O2S/c1-17(14-5-3-2-4-13(14)16)20(18,19)12-8-6-11(10-15)7-9-12/h2-9H,16H2,1H3. The number of nitrogens with zero attached hydrogens (tertiary/aromatic N) is 2. The lowest BCUT2D eigenvalue weighted by molar-refractivity contribution is 0.594. The van der Waals surface area contributed by atoms with Crippen LogP contribution in [0.3, 0.4) is 0 Å². The number of para-hydroxylation sites is 2. The first kappa shape index (κ1) is 13.9. The fourth-order valence-electron chi connectivity index (χ4n) is 1.76. The monoisotopic (exact) mass is 287 g/mol. The summed E-state index contributed by atoms with van der Waals surface area (Å²) in [5.74, 6) is 0. The Kier molecular flexibility index (Phi) is 3.63. The van der Waals surface area contributed by atoms with Gasteiger partial charge in [-0.3, -0.25) is 4.31 Å². The maximum absolute atomic E-state index is 12.5. The van der Waals surface area contributed by atoms with Crippen LogP contribution in [0, 0.1) is 11.3 Å². The Morgan fingerprint density at radius 2 is 1.70 bits per heavy atom. The number of benzene rings is 2. The number of rotatable bonds is 3. The summed E-state index contributed by atoms with van der Waals surface area (Å²) in [4.78, 5) is 0.113. The normalized spacial score (nSPS) is 10.8. The summed E-state index contributed by atoms with van der Waals surface area (Å²) in [6.07, 6.45) is 0. The maximum Gasteiger partial charge on any atom is 0.264 e. The molecule has 0 aromatic heterocycles. The van der Waals surface area contributed by atoms with Crippen LogP contribution in [0.4, 0.5) is 11.4 Å². The Balaban J connectivity index is 2.44. The van der Waals surface area contributed by atoms with Crippen molar-refractivity contribution in [2.24, 2.45) is 0 Å². The molecule has 2 aromatic carbocycles. The molecule has 20 heavy (non-hydrogen) atoms. The van der Waals surface area contributed by atoms with Gasteiger partial charge in [-0.1, -0.05) is 12.1 Å². The highest BCUT2D eigenvalue weighted by molar-refractivity contribution is 7.92. The maximum atomic E-state index is 12.5. The van der Waals surface area contributed by atoms with Crippen LogP contribution in [0.1, 0.15) is 5.56 Å². The van der Waals surface area contributed by atoms with Gasteiger partial charge >= 0.3 is 0 Å². The third kappa shape index (κ3) is 2.44. The topological polar surface area (TPSA) is 87.2 Å². The van der Waals surface area contributed by atoms with Crippen LogP contribution in [0.25, 0.3) is 0 Å². The Bertz CT molecular complexity index is 762. The lowest BCUT2D eigenvalue weighted by Crippen LogP contribution is -2.27. The molecule has 0 amide bonds. The molecule has 0 saturated heterocycles. The molecule has 6 heteroatoms. The van der Waals surface area contributed by atoms with Gasteiger partial charge in [0.1, 0.15) is 0 Å². The fourth-order valence-corrected chi connectivity index (χ4v) is 2.98. The van der Waals surface area contributed by atoms with Gasteiger partial charge in [-0.15, -0.1) is 0 Å². The highest BCUT2D eigenvalue weighted by atomic mass is 32.2. The van der Waals surface area contributed by atoms with Crippen LogP contribution in [0.2, 0.25) is 0 Å². The molecule has 0 aliphatic carbocycles. The summed E-state index contributed by atoms with van der Waals surface area (Å²) >= 11 is 0. The Morgan fingerprint density at radius 3 is 2.25 bits per heavy atom. The van der Waals surface area contributed by atoms with Gasteiger partial charge < -0.3 is 5.73 Å². The second kappa shape index (κ2) is 5.23. The molecular formula is C14H13N3O2S. The fraction of sp³-hybridized carbons (Fsp3) is 0.0714. The summed E-state index contributed by atoms with van der Waals surface area (Å²) in [7, 11) is -2.25. The predicted octanol–water partition coefficient (Wildman–Crippen LogP) is 1.97. The molecule has 0 aliphatic heterocycles. The lowest BCUT2D eigenvalue weighted by atomic mass is 10.2. The van der Waals surface area contributed by atoms with Crippen LogP contribution in [-0.2, 0) is 10.0 Å². The van der Waals surface area contributed by atoms with Crippen LogP contribution >= 0.6 is 0 Å². The quantitative estimate of drug-likeness (QED) is 0.874. The summed E-state index contributed by atoms with van der Waals surface area (Å²) in [6, 6.07) is 14.4.